The van der Waals surface area contributed by atoms with Crippen molar-refractivity contribution in [3.8, 4) is 0 Å². The number of halogens is 1. The van der Waals surface area contributed by atoms with Gasteiger partial charge in [-0.25, -0.2) is 0 Å². The highest BCUT2D eigenvalue weighted by atomic mass is 79.9. The Morgan fingerprint density at radius 3 is 2.74 bits per heavy atom. The number of likely N-dealkylation sites (tertiary alicyclic amines) is 1. The molecule has 1 aliphatic heterocycles. The molecule has 100 valence electrons. The van der Waals surface area contributed by atoms with E-state index in [0.717, 1.165) is 10.0 Å². The van der Waals surface area contributed by atoms with Crippen molar-refractivity contribution < 1.29 is 9.59 Å². The first kappa shape index (κ1) is 13.8. The number of amides is 2. The van der Waals surface area contributed by atoms with Crippen LogP contribution in [0.25, 0.3) is 6.08 Å². The van der Waals surface area contributed by atoms with Crippen LogP contribution in [0.15, 0.2) is 34.8 Å². The second-order valence-electron chi connectivity index (χ2n) is 4.53. The van der Waals surface area contributed by atoms with Crippen LogP contribution in [0, 0.1) is 5.92 Å². The average Bonchev–Trinajstić information content (AvgIpc) is 2.87. The zero-order chi connectivity index (χ0) is 13.8. The number of primary amides is 1. The lowest BCUT2D eigenvalue weighted by Crippen LogP contribution is -2.30. The first-order chi connectivity index (χ1) is 9.08. The molecule has 1 atom stereocenters. The van der Waals surface area contributed by atoms with Gasteiger partial charge >= 0.3 is 0 Å². The second-order valence-corrected chi connectivity index (χ2v) is 5.38. The maximum Gasteiger partial charge on any atom is 0.246 e. The van der Waals surface area contributed by atoms with Crippen LogP contribution in [-0.2, 0) is 9.59 Å². The zero-order valence-electron chi connectivity index (χ0n) is 10.4. The monoisotopic (exact) mass is 322 g/mol. The van der Waals surface area contributed by atoms with E-state index in [1.54, 1.807) is 11.0 Å². The number of benzene rings is 1. The van der Waals surface area contributed by atoms with E-state index in [2.05, 4.69) is 15.9 Å². The molecule has 2 rings (SSSR count). The fourth-order valence-corrected chi connectivity index (χ4v) is 2.49. The maximum atomic E-state index is 12.0. The maximum absolute atomic E-state index is 12.0. The fraction of sp³-hybridized carbons (Fsp3) is 0.286. The van der Waals surface area contributed by atoms with Crippen molar-refractivity contribution in [2.75, 3.05) is 13.1 Å². The van der Waals surface area contributed by atoms with E-state index >= 15 is 0 Å². The lowest BCUT2D eigenvalue weighted by molar-refractivity contribution is -0.125. The van der Waals surface area contributed by atoms with Gasteiger partial charge in [-0.15, -0.1) is 0 Å². The summed E-state index contributed by atoms with van der Waals surface area (Å²) in [6, 6.07) is 7.67. The van der Waals surface area contributed by atoms with E-state index in [9.17, 15) is 9.59 Å². The number of carbonyl (C=O) groups excluding carboxylic acids is 2. The molecule has 2 amide bonds. The van der Waals surface area contributed by atoms with Crippen LogP contribution < -0.4 is 5.73 Å². The van der Waals surface area contributed by atoms with Crippen LogP contribution in [0.5, 0.6) is 0 Å². The van der Waals surface area contributed by atoms with E-state index in [0.29, 0.717) is 19.5 Å². The number of nitrogens with two attached hydrogens (primary N) is 1. The van der Waals surface area contributed by atoms with E-state index in [1.807, 2.05) is 24.3 Å². The van der Waals surface area contributed by atoms with E-state index in [-0.39, 0.29) is 17.7 Å². The van der Waals surface area contributed by atoms with Gasteiger partial charge < -0.3 is 10.6 Å². The third-order valence-electron chi connectivity index (χ3n) is 3.21. The summed E-state index contributed by atoms with van der Waals surface area (Å²) in [6.45, 7) is 1.02. The van der Waals surface area contributed by atoms with Gasteiger partial charge in [-0.3, -0.25) is 9.59 Å². The summed E-state index contributed by atoms with van der Waals surface area (Å²) in [5, 5.41) is 0. The quantitative estimate of drug-likeness (QED) is 0.862. The minimum absolute atomic E-state index is 0.0838. The Kier molecular flexibility index (Phi) is 4.37. The van der Waals surface area contributed by atoms with Crippen molar-refractivity contribution in [3.05, 3.63) is 40.4 Å². The molecule has 0 radical (unpaired) electrons. The molecule has 1 aliphatic rings. The van der Waals surface area contributed by atoms with Crippen LogP contribution in [0.4, 0.5) is 0 Å². The first-order valence-electron chi connectivity index (χ1n) is 6.09. The van der Waals surface area contributed by atoms with Gasteiger partial charge in [0.15, 0.2) is 0 Å². The average molecular weight is 323 g/mol. The molecule has 5 heteroatoms. The van der Waals surface area contributed by atoms with Crippen molar-refractivity contribution in [1.82, 2.24) is 4.90 Å². The molecule has 1 aromatic carbocycles. The van der Waals surface area contributed by atoms with Crippen LogP contribution >= 0.6 is 15.9 Å². The highest BCUT2D eigenvalue weighted by Gasteiger charge is 2.28. The molecule has 0 saturated carbocycles. The van der Waals surface area contributed by atoms with Crippen LogP contribution in [-0.4, -0.2) is 29.8 Å². The number of hydrogen-bond donors (Lipinski definition) is 1. The predicted molar refractivity (Wildman–Crippen MR) is 77.1 cm³/mol. The molecule has 0 aliphatic carbocycles. The van der Waals surface area contributed by atoms with Crippen molar-refractivity contribution in [2.45, 2.75) is 6.42 Å². The Bertz CT molecular complexity index is 528. The van der Waals surface area contributed by atoms with Crippen molar-refractivity contribution in [1.29, 1.82) is 0 Å². The topological polar surface area (TPSA) is 63.4 Å². The number of rotatable bonds is 3. The van der Waals surface area contributed by atoms with Gasteiger partial charge in [0.25, 0.3) is 0 Å². The first-order valence-corrected chi connectivity index (χ1v) is 6.88. The largest absolute Gasteiger partial charge is 0.369 e. The van der Waals surface area contributed by atoms with Crippen molar-refractivity contribution >= 4 is 33.8 Å². The molecule has 2 N–H and O–H groups in total. The Morgan fingerprint density at radius 1 is 1.37 bits per heavy atom. The molecule has 1 saturated heterocycles. The lowest BCUT2D eigenvalue weighted by atomic mass is 10.1. The minimum atomic E-state index is -0.329. The van der Waals surface area contributed by atoms with Gasteiger partial charge in [-0.05, 0) is 24.1 Å². The molecule has 0 aromatic heterocycles. The summed E-state index contributed by atoms with van der Waals surface area (Å²) in [7, 11) is 0. The van der Waals surface area contributed by atoms with Crippen LogP contribution in [0.3, 0.4) is 0 Å². The normalized spacial score (nSPS) is 19.0. The highest BCUT2D eigenvalue weighted by molar-refractivity contribution is 9.10. The summed E-state index contributed by atoms with van der Waals surface area (Å²) in [4.78, 5) is 24.7. The molecule has 0 spiro atoms. The van der Waals surface area contributed by atoms with Crippen molar-refractivity contribution in [2.24, 2.45) is 11.7 Å². The molecule has 19 heavy (non-hydrogen) atoms. The second kappa shape index (κ2) is 6.02. The molecule has 0 unspecified atom stereocenters. The zero-order valence-corrected chi connectivity index (χ0v) is 12.0. The van der Waals surface area contributed by atoms with E-state index in [4.69, 9.17) is 5.73 Å². The van der Waals surface area contributed by atoms with Crippen LogP contribution in [0.1, 0.15) is 12.0 Å². The van der Waals surface area contributed by atoms with Gasteiger partial charge in [0.2, 0.25) is 11.8 Å². The third-order valence-corrected chi connectivity index (χ3v) is 3.94. The summed E-state index contributed by atoms with van der Waals surface area (Å²) in [5.74, 6) is -0.620. The standard InChI is InChI=1S/C14H15BrN2O2/c15-12-4-2-1-3-10(12)5-6-13(18)17-8-7-11(9-17)14(16)19/h1-6,11H,7-9H2,(H2,16,19)/b6-5+/t11-/m0/s1. The molecule has 1 aromatic rings. The highest BCUT2D eigenvalue weighted by Crippen LogP contribution is 2.19. The number of hydrogen-bond acceptors (Lipinski definition) is 2. The summed E-state index contributed by atoms with van der Waals surface area (Å²) in [6.07, 6.45) is 3.96. The lowest BCUT2D eigenvalue weighted by Gasteiger charge is -2.13. The molecular weight excluding hydrogens is 308 g/mol. The Labute approximate surface area is 120 Å². The molecule has 1 heterocycles. The van der Waals surface area contributed by atoms with Crippen molar-refractivity contribution in [3.63, 3.8) is 0 Å². The smallest absolute Gasteiger partial charge is 0.246 e. The molecule has 0 bridgehead atoms. The summed E-state index contributed by atoms with van der Waals surface area (Å²) < 4.78 is 0.940. The Morgan fingerprint density at radius 2 is 2.11 bits per heavy atom. The van der Waals surface area contributed by atoms with Gasteiger partial charge in [0, 0.05) is 23.6 Å². The van der Waals surface area contributed by atoms with Gasteiger partial charge in [-0.1, -0.05) is 34.1 Å². The van der Waals surface area contributed by atoms with E-state index in [1.165, 1.54) is 6.08 Å². The Balaban J connectivity index is 1.99. The summed E-state index contributed by atoms with van der Waals surface area (Å²) in [5.41, 5.74) is 6.19. The van der Waals surface area contributed by atoms with Gasteiger partial charge in [0.05, 0.1) is 5.92 Å². The molecule has 4 nitrogen and oxygen atoms in total. The molecular formula is C14H15BrN2O2. The van der Waals surface area contributed by atoms with Crippen LogP contribution in [0.2, 0.25) is 0 Å². The SMILES string of the molecule is NC(=O)[C@H]1CCN(C(=O)/C=C/c2ccccc2Br)C1. The molecule has 1 fully saturated rings. The Hall–Kier alpha value is -1.62. The van der Waals surface area contributed by atoms with Gasteiger partial charge in [-0.2, -0.15) is 0 Å². The van der Waals surface area contributed by atoms with Gasteiger partial charge in [0.1, 0.15) is 0 Å². The third kappa shape index (κ3) is 3.44. The number of nitrogens with zero attached hydrogens (tertiary/aromatic N) is 1. The van der Waals surface area contributed by atoms with E-state index < -0.39 is 0 Å². The predicted octanol–water partition coefficient (Wildman–Crippen LogP) is 1.80. The number of carbonyl (C=O) groups is 2. The fourth-order valence-electron chi connectivity index (χ4n) is 2.07. The minimum Gasteiger partial charge on any atom is -0.369 e. The summed E-state index contributed by atoms with van der Waals surface area (Å²) >= 11 is 3.42.